The molecule has 0 saturated carbocycles. The van der Waals surface area contributed by atoms with Crippen molar-refractivity contribution < 1.29 is 14.7 Å². The van der Waals surface area contributed by atoms with Crippen LogP contribution in [-0.2, 0) is 9.59 Å². The lowest BCUT2D eigenvalue weighted by Gasteiger charge is -2.22. The number of aliphatic carboxylic acids is 1. The van der Waals surface area contributed by atoms with Crippen molar-refractivity contribution in [1.82, 2.24) is 5.32 Å². The Hall–Kier alpha value is -1.10. The second-order valence-corrected chi connectivity index (χ2v) is 5.93. The maximum absolute atomic E-state index is 11.8. The average molecular weight is 286 g/mol. The molecule has 0 aromatic carbocycles. The van der Waals surface area contributed by atoms with Crippen LogP contribution in [0.1, 0.15) is 53.4 Å². The van der Waals surface area contributed by atoms with E-state index in [0.717, 1.165) is 12.8 Å². The van der Waals surface area contributed by atoms with E-state index < -0.39 is 12.0 Å². The van der Waals surface area contributed by atoms with Crippen molar-refractivity contribution >= 4 is 11.9 Å². The predicted octanol–water partition coefficient (Wildman–Crippen LogP) is 2.00. The highest BCUT2D eigenvalue weighted by atomic mass is 16.4. The SMILES string of the molecule is CCC(C)C(N)C(=O)NCCC(CCC(=O)O)C(C)C. The van der Waals surface area contributed by atoms with Crippen LogP contribution in [0.15, 0.2) is 0 Å². The van der Waals surface area contributed by atoms with E-state index in [4.69, 9.17) is 10.8 Å². The van der Waals surface area contributed by atoms with Crippen LogP contribution in [0, 0.1) is 17.8 Å². The third kappa shape index (κ3) is 7.48. The third-order valence-corrected chi connectivity index (χ3v) is 4.05. The Bertz CT molecular complexity index is 305. The number of carboxylic acids is 1. The van der Waals surface area contributed by atoms with E-state index in [-0.39, 0.29) is 18.2 Å². The molecule has 0 heterocycles. The van der Waals surface area contributed by atoms with Crippen LogP contribution < -0.4 is 11.1 Å². The second-order valence-electron chi connectivity index (χ2n) is 5.93. The van der Waals surface area contributed by atoms with Crippen molar-refractivity contribution in [3.8, 4) is 0 Å². The van der Waals surface area contributed by atoms with Crippen LogP contribution in [0.25, 0.3) is 0 Å². The number of nitrogens with one attached hydrogen (secondary N) is 1. The van der Waals surface area contributed by atoms with Crippen molar-refractivity contribution in [2.45, 2.75) is 59.4 Å². The van der Waals surface area contributed by atoms with Gasteiger partial charge in [0.25, 0.3) is 0 Å². The van der Waals surface area contributed by atoms with Crippen LogP contribution in [0.5, 0.6) is 0 Å². The first-order valence-corrected chi connectivity index (χ1v) is 7.54. The smallest absolute Gasteiger partial charge is 0.303 e. The van der Waals surface area contributed by atoms with Crippen LogP contribution in [-0.4, -0.2) is 29.6 Å². The first-order chi connectivity index (χ1) is 9.29. The molecule has 0 aromatic rings. The van der Waals surface area contributed by atoms with Crippen molar-refractivity contribution in [3.05, 3.63) is 0 Å². The van der Waals surface area contributed by atoms with E-state index in [2.05, 4.69) is 19.2 Å². The third-order valence-electron chi connectivity index (χ3n) is 4.05. The minimum Gasteiger partial charge on any atom is -0.481 e. The monoisotopic (exact) mass is 286 g/mol. The van der Waals surface area contributed by atoms with Crippen LogP contribution in [0.4, 0.5) is 0 Å². The van der Waals surface area contributed by atoms with Gasteiger partial charge in [0.15, 0.2) is 0 Å². The summed E-state index contributed by atoms with van der Waals surface area (Å²) in [6.45, 7) is 8.70. The van der Waals surface area contributed by atoms with Crippen molar-refractivity contribution in [2.75, 3.05) is 6.54 Å². The minimum atomic E-state index is -0.765. The molecule has 3 unspecified atom stereocenters. The fraction of sp³-hybridized carbons (Fsp3) is 0.867. The molecule has 0 bridgehead atoms. The van der Waals surface area contributed by atoms with E-state index in [9.17, 15) is 9.59 Å². The van der Waals surface area contributed by atoms with E-state index in [1.807, 2.05) is 13.8 Å². The van der Waals surface area contributed by atoms with Gasteiger partial charge < -0.3 is 16.2 Å². The summed E-state index contributed by atoms with van der Waals surface area (Å²) in [4.78, 5) is 22.5. The molecule has 0 saturated heterocycles. The minimum absolute atomic E-state index is 0.111. The number of amides is 1. The van der Waals surface area contributed by atoms with Gasteiger partial charge in [-0.1, -0.05) is 34.1 Å². The Kier molecular flexibility index (Phi) is 9.21. The average Bonchev–Trinajstić information content (AvgIpc) is 2.39. The summed E-state index contributed by atoms with van der Waals surface area (Å²) in [6, 6.07) is -0.462. The van der Waals surface area contributed by atoms with Gasteiger partial charge in [0.05, 0.1) is 6.04 Å². The molecule has 0 fully saturated rings. The summed E-state index contributed by atoms with van der Waals surface area (Å²) >= 11 is 0. The molecule has 0 spiro atoms. The van der Waals surface area contributed by atoms with E-state index >= 15 is 0 Å². The van der Waals surface area contributed by atoms with E-state index in [1.54, 1.807) is 0 Å². The van der Waals surface area contributed by atoms with Gasteiger partial charge in [0.2, 0.25) is 5.91 Å². The molecular weight excluding hydrogens is 256 g/mol. The molecule has 118 valence electrons. The lowest BCUT2D eigenvalue weighted by Crippen LogP contribution is -2.45. The molecule has 20 heavy (non-hydrogen) atoms. The molecule has 4 N–H and O–H groups in total. The number of carboxylic acid groups (broad SMARTS) is 1. The summed E-state index contributed by atoms with van der Waals surface area (Å²) in [5.74, 6) is 0.0159. The summed E-state index contributed by atoms with van der Waals surface area (Å²) in [7, 11) is 0. The molecule has 0 aliphatic heterocycles. The number of rotatable bonds is 10. The van der Waals surface area contributed by atoms with E-state index in [0.29, 0.717) is 24.8 Å². The number of carbonyl (C=O) groups is 2. The van der Waals surface area contributed by atoms with Gasteiger partial charge in [-0.25, -0.2) is 0 Å². The molecule has 5 nitrogen and oxygen atoms in total. The maximum atomic E-state index is 11.8. The number of hydrogen-bond acceptors (Lipinski definition) is 3. The first kappa shape index (κ1) is 18.9. The number of hydrogen-bond donors (Lipinski definition) is 3. The standard InChI is InChI=1S/C15H30N2O3/c1-5-11(4)14(16)15(20)17-9-8-12(10(2)3)6-7-13(18)19/h10-12,14H,5-9,16H2,1-4H3,(H,17,20)(H,18,19). The molecule has 0 rings (SSSR count). The Morgan fingerprint density at radius 1 is 1.20 bits per heavy atom. The normalized spacial score (nSPS) is 15.7. The van der Waals surface area contributed by atoms with Gasteiger partial charge in [0, 0.05) is 13.0 Å². The highest BCUT2D eigenvalue weighted by Gasteiger charge is 2.20. The topological polar surface area (TPSA) is 92.4 Å². The Labute approximate surface area is 122 Å². The van der Waals surface area contributed by atoms with E-state index in [1.165, 1.54) is 0 Å². The van der Waals surface area contributed by atoms with Crippen LogP contribution in [0.2, 0.25) is 0 Å². The Morgan fingerprint density at radius 3 is 2.25 bits per heavy atom. The molecule has 5 heteroatoms. The van der Waals surface area contributed by atoms with Crippen molar-refractivity contribution in [3.63, 3.8) is 0 Å². The molecule has 1 amide bonds. The second kappa shape index (κ2) is 9.75. The zero-order chi connectivity index (χ0) is 15.7. The lowest BCUT2D eigenvalue weighted by atomic mass is 9.88. The molecular formula is C15H30N2O3. The fourth-order valence-corrected chi connectivity index (χ4v) is 2.13. The van der Waals surface area contributed by atoms with Crippen molar-refractivity contribution in [2.24, 2.45) is 23.5 Å². The highest BCUT2D eigenvalue weighted by Crippen LogP contribution is 2.20. The van der Waals surface area contributed by atoms with Gasteiger partial charge in [0.1, 0.15) is 0 Å². The van der Waals surface area contributed by atoms with Gasteiger partial charge in [-0.2, -0.15) is 0 Å². The first-order valence-electron chi connectivity index (χ1n) is 7.54. The maximum Gasteiger partial charge on any atom is 0.303 e. The lowest BCUT2D eigenvalue weighted by molar-refractivity contribution is -0.137. The summed E-state index contributed by atoms with van der Waals surface area (Å²) in [5, 5.41) is 11.6. The van der Waals surface area contributed by atoms with Gasteiger partial charge >= 0.3 is 5.97 Å². The Morgan fingerprint density at radius 2 is 1.80 bits per heavy atom. The molecule has 3 atom stereocenters. The molecule has 0 aliphatic carbocycles. The van der Waals surface area contributed by atoms with Gasteiger partial charge in [-0.05, 0) is 30.6 Å². The largest absolute Gasteiger partial charge is 0.481 e. The molecule has 0 radical (unpaired) electrons. The summed E-state index contributed by atoms with van der Waals surface area (Å²) in [6.07, 6.45) is 2.51. The predicted molar refractivity (Wildman–Crippen MR) is 80.3 cm³/mol. The molecule has 0 aromatic heterocycles. The Balaban J connectivity index is 4.10. The number of carbonyl (C=O) groups excluding carboxylic acids is 1. The quantitative estimate of drug-likeness (QED) is 0.572. The number of nitrogens with two attached hydrogens (primary N) is 1. The summed E-state index contributed by atoms with van der Waals surface area (Å²) < 4.78 is 0. The van der Waals surface area contributed by atoms with Gasteiger partial charge in [-0.15, -0.1) is 0 Å². The van der Waals surface area contributed by atoms with Gasteiger partial charge in [-0.3, -0.25) is 9.59 Å². The van der Waals surface area contributed by atoms with Crippen LogP contribution >= 0.6 is 0 Å². The molecule has 0 aliphatic rings. The fourth-order valence-electron chi connectivity index (χ4n) is 2.13. The zero-order valence-corrected chi connectivity index (χ0v) is 13.2. The zero-order valence-electron chi connectivity index (χ0n) is 13.2. The summed E-state index contributed by atoms with van der Waals surface area (Å²) in [5.41, 5.74) is 5.86. The van der Waals surface area contributed by atoms with Crippen LogP contribution in [0.3, 0.4) is 0 Å². The van der Waals surface area contributed by atoms with Crippen molar-refractivity contribution in [1.29, 1.82) is 0 Å². The highest BCUT2D eigenvalue weighted by molar-refractivity contribution is 5.81.